The van der Waals surface area contributed by atoms with E-state index in [4.69, 9.17) is 4.74 Å². The number of carbonyl (C=O) groups is 2. The van der Waals surface area contributed by atoms with Gasteiger partial charge in [0, 0.05) is 4.47 Å². The molecule has 2 aliphatic rings. The van der Waals surface area contributed by atoms with Crippen molar-refractivity contribution in [2.75, 3.05) is 13.2 Å². The van der Waals surface area contributed by atoms with Crippen LogP contribution in [0.4, 0.5) is 4.79 Å². The Morgan fingerprint density at radius 2 is 2.11 bits per heavy atom. The number of amides is 3. The van der Waals surface area contributed by atoms with Gasteiger partial charge in [0.2, 0.25) is 0 Å². The molecule has 0 aromatic heterocycles. The van der Waals surface area contributed by atoms with Gasteiger partial charge in [0.15, 0.2) is 0 Å². The number of β-amino-alcohol motifs (C(OH)–C–C–N with tert-alkyl or cyclic N) is 1. The van der Waals surface area contributed by atoms with Gasteiger partial charge < -0.3 is 15.2 Å². The van der Waals surface area contributed by atoms with E-state index < -0.39 is 17.7 Å². The van der Waals surface area contributed by atoms with E-state index >= 15 is 0 Å². The number of rotatable bonds is 5. The number of carbonyl (C=O) groups excluding carboxylic acids is 2. The molecule has 1 aliphatic carbocycles. The topological polar surface area (TPSA) is 78.9 Å². The molecule has 3 rings (SSSR count). The molecule has 1 aromatic carbocycles. The number of ether oxygens (including phenoxy) is 1. The van der Waals surface area contributed by atoms with Crippen molar-refractivity contribution in [3.8, 4) is 5.75 Å². The molecule has 1 aromatic rings. The number of benzene rings is 1. The van der Waals surface area contributed by atoms with Gasteiger partial charge in [-0.25, -0.2) is 4.79 Å². The van der Waals surface area contributed by atoms with Gasteiger partial charge in [0.25, 0.3) is 5.91 Å². The molecule has 1 aliphatic heterocycles. The van der Waals surface area contributed by atoms with E-state index in [0.717, 1.165) is 15.8 Å². The fourth-order valence-electron chi connectivity index (χ4n) is 4.68. The second-order valence-corrected chi connectivity index (χ2v) is 9.62. The monoisotopic (exact) mass is 438 g/mol. The number of hydrogen-bond acceptors (Lipinski definition) is 4. The summed E-state index contributed by atoms with van der Waals surface area (Å²) in [7, 11) is 0. The van der Waals surface area contributed by atoms with E-state index in [2.05, 4.69) is 42.0 Å². The first-order valence-corrected chi connectivity index (χ1v) is 10.1. The molecule has 7 heteroatoms. The first-order valence-electron chi connectivity index (χ1n) is 9.31. The van der Waals surface area contributed by atoms with Gasteiger partial charge in [-0.3, -0.25) is 9.69 Å². The number of imide groups is 1. The summed E-state index contributed by atoms with van der Waals surface area (Å²) in [6, 6.07) is 6.86. The summed E-state index contributed by atoms with van der Waals surface area (Å²) in [6.07, 6.45) is 1.34. The van der Waals surface area contributed by atoms with Crippen LogP contribution in [0, 0.1) is 11.3 Å². The summed E-state index contributed by atoms with van der Waals surface area (Å²) in [6.45, 7) is 6.31. The highest BCUT2D eigenvalue weighted by atomic mass is 79.9. The van der Waals surface area contributed by atoms with Crippen LogP contribution in [0.15, 0.2) is 28.7 Å². The molecule has 0 unspecified atom stereocenters. The van der Waals surface area contributed by atoms with Crippen molar-refractivity contribution in [1.29, 1.82) is 0 Å². The van der Waals surface area contributed by atoms with Gasteiger partial charge in [-0.05, 0) is 48.8 Å². The zero-order chi connectivity index (χ0) is 19.8. The molecular formula is C20H27BrN2O4. The van der Waals surface area contributed by atoms with Crippen molar-refractivity contribution >= 4 is 27.9 Å². The third kappa shape index (κ3) is 4.46. The van der Waals surface area contributed by atoms with Gasteiger partial charge >= 0.3 is 6.03 Å². The third-order valence-corrected chi connectivity index (χ3v) is 5.75. The van der Waals surface area contributed by atoms with Crippen LogP contribution in [0.2, 0.25) is 0 Å². The average molecular weight is 439 g/mol. The smallest absolute Gasteiger partial charge is 0.325 e. The Morgan fingerprint density at radius 1 is 1.37 bits per heavy atom. The van der Waals surface area contributed by atoms with Gasteiger partial charge in [-0.2, -0.15) is 0 Å². The van der Waals surface area contributed by atoms with Crippen LogP contribution >= 0.6 is 15.9 Å². The van der Waals surface area contributed by atoms with Gasteiger partial charge in [0.1, 0.15) is 24.0 Å². The Morgan fingerprint density at radius 3 is 2.78 bits per heavy atom. The van der Waals surface area contributed by atoms with Crippen molar-refractivity contribution in [2.24, 2.45) is 11.3 Å². The SMILES string of the molecule is C[C@@H]1CC(C)(C)C[C@@]2(C1)NC(=O)N(C[C@H](O)COc1cccc(Br)c1)C2=O. The number of hydrogen-bond donors (Lipinski definition) is 2. The lowest BCUT2D eigenvalue weighted by molar-refractivity contribution is -0.135. The summed E-state index contributed by atoms with van der Waals surface area (Å²) < 4.78 is 6.44. The standard InChI is InChI=1S/C20H27BrN2O4/c1-13-8-19(2,3)12-20(9-13)17(25)23(18(26)22-20)10-15(24)11-27-16-6-4-5-14(21)7-16/h4-7,13,15,24H,8-12H2,1-3H3,(H,22,26)/t13-,15+,20-/m1/s1. The first-order chi connectivity index (χ1) is 12.6. The first kappa shape index (κ1) is 20.1. The maximum absolute atomic E-state index is 13.1. The predicted octanol–water partition coefficient (Wildman–Crippen LogP) is 3.33. The van der Waals surface area contributed by atoms with Crippen molar-refractivity contribution in [2.45, 2.75) is 51.7 Å². The molecule has 2 N–H and O–H groups in total. The largest absolute Gasteiger partial charge is 0.491 e. The molecule has 1 saturated heterocycles. The summed E-state index contributed by atoms with van der Waals surface area (Å²) in [4.78, 5) is 26.7. The van der Waals surface area contributed by atoms with E-state index in [0.29, 0.717) is 24.5 Å². The second kappa shape index (κ2) is 7.43. The number of nitrogens with one attached hydrogen (secondary N) is 1. The van der Waals surface area contributed by atoms with Crippen molar-refractivity contribution in [1.82, 2.24) is 10.2 Å². The van der Waals surface area contributed by atoms with Crippen LogP contribution < -0.4 is 10.1 Å². The summed E-state index contributed by atoms with van der Waals surface area (Å²) in [5, 5.41) is 13.2. The minimum absolute atomic E-state index is 0.00239. The van der Waals surface area contributed by atoms with E-state index in [1.165, 1.54) is 0 Å². The van der Waals surface area contributed by atoms with Crippen LogP contribution in [-0.2, 0) is 4.79 Å². The van der Waals surface area contributed by atoms with E-state index in [-0.39, 0.29) is 24.5 Å². The maximum Gasteiger partial charge on any atom is 0.325 e. The van der Waals surface area contributed by atoms with Gasteiger partial charge in [-0.1, -0.05) is 42.8 Å². The lowest BCUT2D eigenvalue weighted by Gasteiger charge is -2.43. The van der Waals surface area contributed by atoms with Crippen LogP contribution in [0.3, 0.4) is 0 Å². The minimum atomic E-state index is -0.956. The van der Waals surface area contributed by atoms with Gasteiger partial charge in [-0.15, -0.1) is 0 Å². The molecule has 148 valence electrons. The molecular weight excluding hydrogens is 412 g/mol. The summed E-state index contributed by atoms with van der Waals surface area (Å²) in [5.74, 6) is 0.733. The Labute approximate surface area is 168 Å². The zero-order valence-electron chi connectivity index (χ0n) is 16.0. The Balaban J connectivity index is 1.63. The highest BCUT2D eigenvalue weighted by Crippen LogP contribution is 2.46. The number of urea groups is 1. The number of aliphatic hydroxyl groups is 1. The van der Waals surface area contributed by atoms with E-state index in [1.54, 1.807) is 12.1 Å². The van der Waals surface area contributed by atoms with Crippen LogP contribution in [-0.4, -0.2) is 46.7 Å². The van der Waals surface area contributed by atoms with E-state index in [1.807, 2.05) is 12.1 Å². The highest BCUT2D eigenvalue weighted by molar-refractivity contribution is 9.10. The molecule has 1 spiro atoms. The molecule has 0 radical (unpaired) electrons. The van der Waals surface area contributed by atoms with Crippen molar-refractivity contribution in [3.63, 3.8) is 0 Å². The number of aliphatic hydroxyl groups excluding tert-OH is 1. The fraction of sp³-hybridized carbons (Fsp3) is 0.600. The lowest BCUT2D eigenvalue weighted by Crippen LogP contribution is -2.54. The van der Waals surface area contributed by atoms with Crippen molar-refractivity contribution < 1.29 is 19.4 Å². The third-order valence-electron chi connectivity index (χ3n) is 5.26. The molecule has 0 bridgehead atoms. The normalized spacial score (nSPS) is 28.3. The number of halogens is 1. The number of nitrogens with zero attached hydrogens (tertiary/aromatic N) is 1. The summed E-state index contributed by atoms with van der Waals surface area (Å²) >= 11 is 3.36. The molecule has 2 fully saturated rings. The molecule has 3 atom stereocenters. The summed E-state index contributed by atoms with van der Waals surface area (Å²) in [5.41, 5.74) is -0.859. The molecule has 27 heavy (non-hydrogen) atoms. The highest BCUT2D eigenvalue weighted by Gasteiger charge is 2.56. The second-order valence-electron chi connectivity index (χ2n) is 8.70. The lowest BCUT2D eigenvalue weighted by atomic mass is 9.64. The molecule has 3 amide bonds. The zero-order valence-corrected chi connectivity index (χ0v) is 17.6. The average Bonchev–Trinajstić information content (AvgIpc) is 2.74. The minimum Gasteiger partial charge on any atom is -0.491 e. The Bertz CT molecular complexity index is 738. The molecule has 1 saturated carbocycles. The van der Waals surface area contributed by atoms with E-state index in [9.17, 15) is 14.7 Å². The van der Waals surface area contributed by atoms with Crippen LogP contribution in [0.25, 0.3) is 0 Å². The quantitative estimate of drug-likeness (QED) is 0.690. The maximum atomic E-state index is 13.1. The van der Waals surface area contributed by atoms with Crippen LogP contribution in [0.1, 0.15) is 40.0 Å². The Hall–Kier alpha value is -1.60. The fourth-order valence-corrected chi connectivity index (χ4v) is 5.06. The Kier molecular flexibility index (Phi) is 5.54. The van der Waals surface area contributed by atoms with Gasteiger partial charge in [0.05, 0.1) is 6.54 Å². The molecule has 1 heterocycles. The van der Waals surface area contributed by atoms with Crippen molar-refractivity contribution in [3.05, 3.63) is 28.7 Å². The molecule has 6 nitrogen and oxygen atoms in total. The predicted molar refractivity (Wildman–Crippen MR) is 105 cm³/mol. The van der Waals surface area contributed by atoms with Crippen LogP contribution in [0.5, 0.6) is 5.75 Å².